The van der Waals surface area contributed by atoms with Crippen LogP contribution >= 0.6 is 0 Å². The predicted octanol–water partition coefficient (Wildman–Crippen LogP) is 1.78. The van der Waals surface area contributed by atoms with Gasteiger partial charge in [-0.1, -0.05) is 6.07 Å². The Morgan fingerprint density at radius 2 is 1.90 bits per heavy atom. The Balaban J connectivity index is 2.12. The number of carbonyl (C=O) groups is 2. The zero-order valence-electron chi connectivity index (χ0n) is 12.1. The average molecular weight is 287 g/mol. The van der Waals surface area contributed by atoms with Gasteiger partial charge in [0.15, 0.2) is 0 Å². The molecule has 21 heavy (non-hydrogen) atoms. The quantitative estimate of drug-likeness (QED) is 0.801. The smallest absolute Gasteiger partial charge is 0.323 e. The van der Waals surface area contributed by atoms with Crippen molar-refractivity contribution in [3.05, 3.63) is 41.2 Å². The van der Waals surface area contributed by atoms with Crippen molar-refractivity contribution in [2.45, 2.75) is 13.8 Å². The summed E-state index contributed by atoms with van der Waals surface area (Å²) in [6.07, 6.45) is 1.38. The number of benzene rings is 1. The number of nitrogens with one attached hydrogen (secondary N) is 2. The van der Waals surface area contributed by atoms with Crippen molar-refractivity contribution < 1.29 is 9.59 Å². The summed E-state index contributed by atoms with van der Waals surface area (Å²) in [5.41, 5.74) is 8.55. The van der Waals surface area contributed by atoms with Crippen LogP contribution in [0.25, 0.3) is 0 Å². The van der Waals surface area contributed by atoms with E-state index >= 15 is 0 Å². The van der Waals surface area contributed by atoms with Crippen molar-refractivity contribution in [3.8, 4) is 0 Å². The second-order valence-corrected chi connectivity index (χ2v) is 4.77. The summed E-state index contributed by atoms with van der Waals surface area (Å²) in [5, 5.41) is 9.15. The molecule has 1 aromatic heterocycles. The van der Waals surface area contributed by atoms with Crippen LogP contribution in [0.5, 0.6) is 0 Å². The Morgan fingerprint density at radius 1 is 1.19 bits per heavy atom. The zero-order valence-corrected chi connectivity index (χ0v) is 12.1. The fourth-order valence-corrected chi connectivity index (χ4v) is 1.93. The van der Waals surface area contributed by atoms with E-state index in [1.54, 1.807) is 13.1 Å². The van der Waals surface area contributed by atoms with Crippen LogP contribution < -0.4 is 16.4 Å². The van der Waals surface area contributed by atoms with Gasteiger partial charge in [-0.05, 0) is 37.1 Å². The molecular weight excluding hydrogens is 270 g/mol. The van der Waals surface area contributed by atoms with Gasteiger partial charge in [0.2, 0.25) is 0 Å². The Morgan fingerprint density at radius 3 is 2.52 bits per heavy atom. The number of amides is 3. The summed E-state index contributed by atoms with van der Waals surface area (Å²) in [6, 6.07) is 5.13. The molecule has 0 bridgehead atoms. The number of rotatable bonds is 3. The van der Waals surface area contributed by atoms with Crippen molar-refractivity contribution in [1.82, 2.24) is 9.78 Å². The molecule has 4 N–H and O–H groups in total. The maximum absolute atomic E-state index is 12.0. The fraction of sp³-hybridized carbons (Fsp3) is 0.214. The molecule has 110 valence electrons. The van der Waals surface area contributed by atoms with Crippen LogP contribution in [-0.2, 0) is 7.05 Å². The van der Waals surface area contributed by atoms with E-state index in [0.29, 0.717) is 5.69 Å². The van der Waals surface area contributed by atoms with Crippen molar-refractivity contribution >= 4 is 23.3 Å². The first kappa shape index (κ1) is 14.6. The molecule has 0 saturated carbocycles. The molecule has 7 heteroatoms. The Hall–Kier alpha value is -2.83. The molecule has 7 nitrogen and oxygen atoms in total. The van der Waals surface area contributed by atoms with Crippen molar-refractivity contribution in [2.24, 2.45) is 12.8 Å². The highest BCUT2D eigenvalue weighted by atomic mass is 16.2. The minimum absolute atomic E-state index is 0.144. The van der Waals surface area contributed by atoms with Crippen LogP contribution in [0.2, 0.25) is 0 Å². The van der Waals surface area contributed by atoms with E-state index in [1.165, 1.54) is 10.9 Å². The molecule has 0 aliphatic heterocycles. The third-order valence-electron chi connectivity index (χ3n) is 3.19. The highest BCUT2D eigenvalue weighted by Crippen LogP contribution is 2.16. The van der Waals surface area contributed by atoms with Gasteiger partial charge in [0.1, 0.15) is 5.69 Å². The van der Waals surface area contributed by atoms with Gasteiger partial charge in [-0.25, -0.2) is 4.79 Å². The molecule has 0 aliphatic rings. The highest BCUT2D eigenvalue weighted by molar-refractivity contribution is 6.05. The Labute approximate surface area is 122 Å². The second kappa shape index (κ2) is 5.66. The summed E-state index contributed by atoms with van der Waals surface area (Å²) >= 11 is 0. The molecule has 0 fully saturated rings. The number of aryl methyl sites for hydroxylation is 3. The van der Waals surface area contributed by atoms with E-state index in [9.17, 15) is 9.59 Å². The Kier molecular flexibility index (Phi) is 3.93. The minimum Gasteiger partial charge on any atom is -0.364 e. The van der Waals surface area contributed by atoms with Crippen LogP contribution in [0.1, 0.15) is 21.6 Å². The molecular formula is C14H17N5O2. The molecule has 3 amide bonds. The number of hydrogen-bond acceptors (Lipinski definition) is 3. The maximum Gasteiger partial charge on any atom is 0.323 e. The van der Waals surface area contributed by atoms with Gasteiger partial charge in [-0.3, -0.25) is 9.48 Å². The summed E-state index contributed by atoms with van der Waals surface area (Å²) < 4.78 is 1.31. The van der Waals surface area contributed by atoms with E-state index in [4.69, 9.17) is 5.73 Å². The van der Waals surface area contributed by atoms with E-state index in [2.05, 4.69) is 15.7 Å². The number of urea groups is 1. The lowest BCUT2D eigenvalue weighted by molar-refractivity contribution is 0.0992. The summed E-state index contributed by atoms with van der Waals surface area (Å²) in [7, 11) is 1.58. The van der Waals surface area contributed by atoms with Gasteiger partial charge < -0.3 is 16.4 Å². The zero-order chi connectivity index (χ0) is 15.6. The summed E-state index contributed by atoms with van der Waals surface area (Å²) in [5.74, 6) is -0.656. The molecule has 1 heterocycles. The van der Waals surface area contributed by atoms with Crippen molar-refractivity contribution in [2.75, 3.05) is 10.6 Å². The van der Waals surface area contributed by atoms with Crippen LogP contribution in [0, 0.1) is 13.8 Å². The minimum atomic E-state index is -0.656. The van der Waals surface area contributed by atoms with E-state index in [-0.39, 0.29) is 11.4 Å². The van der Waals surface area contributed by atoms with E-state index in [1.807, 2.05) is 26.0 Å². The number of anilines is 2. The SMILES string of the molecule is Cc1ccc(NC(=O)Nc2cnn(C)c2C(N)=O)cc1C. The second-order valence-electron chi connectivity index (χ2n) is 4.77. The van der Waals surface area contributed by atoms with Gasteiger partial charge >= 0.3 is 6.03 Å². The first-order valence-corrected chi connectivity index (χ1v) is 6.35. The Bertz CT molecular complexity index is 705. The standard InChI is InChI=1S/C14H17N5O2/c1-8-4-5-10(6-9(8)2)17-14(21)18-11-7-16-19(3)12(11)13(15)20/h4-7H,1-3H3,(H2,15,20)(H2,17,18,21). The van der Waals surface area contributed by atoms with Gasteiger partial charge in [0.05, 0.1) is 11.9 Å². The molecule has 0 unspecified atom stereocenters. The number of hydrogen-bond donors (Lipinski definition) is 3. The van der Waals surface area contributed by atoms with Gasteiger partial charge in [-0.15, -0.1) is 0 Å². The third-order valence-corrected chi connectivity index (χ3v) is 3.19. The van der Waals surface area contributed by atoms with Crippen LogP contribution in [0.15, 0.2) is 24.4 Å². The van der Waals surface area contributed by atoms with Crippen molar-refractivity contribution in [3.63, 3.8) is 0 Å². The van der Waals surface area contributed by atoms with Crippen LogP contribution in [-0.4, -0.2) is 21.7 Å². The molecule has 0 aliphatic carbocycles. The van der Waals surface area contributed by atoms with E-state index < -0.39 is 11.9 Å². The first-order chi connectivity index (χ1) is 9.88. The largest absolute Gasteiger partial charge is 0.364 e. The molecule has 0 radical (unpaired) electrons. The predicted molar refractivity (Wildman–Crippen MR) is 80.3 cm³/mol. The summed E-state index contributed by atoms with van der Waals surface area (Å²) in [4.78, 5) is 23.3. The monoisotopic (exact) mass is 287 g/mol. The number of carbonyl (C=O) groups excluding carboxylic acids is 2. The third kappa shape index (κ3) is 3.19. The number of nitrogens with two attached hydrogens (primary N) is 1. The molecule has 2 rings (SSSR count). The lowest BCUT2D eigenvalue weighted by Gasteiger charge is -2.09. The maximum atomic E-state index is 12.0. The van der Waals surface area contributed by atoms with Gasteiger partial charge in [0.25, 0.3) is 5.91 Å². The number of nitrogens with zero attached hydrogens (tertiary/aromatic N) is 2. The fourth-order valence-electron chi connectivity index (χ4n) is 1.93. The molecule has 0 spiro atoms. The molecule has 0 atom stereocenters. The lowest BCUT2D eigenvalue weighted by atomic mass is 10.1. The number of aromatic nitrogens is 2. The number of primary amides is 1. The van der Waals surface area contributed by atoms with E-state index in [0.717, 1.165) is 11.1 Å². The normalized spacial score (nSPS) is 10.2. The summed E-state index contributed by atoms with van der Waals surface area (Å²) in [6.45, 7) is 3.96. The van der Waals surface area contributed by atoms with Gasteiger partial charge in [0, 0.05) is 12.7 Å². The molecule has 2 aromatic rings. The average Bonchev–Trinajstić information content (AvgIpc) is 2.75. The molecule has 1 aromatic carbocycles. The van der Waals surface area contributed by atoms with Crippen LogP contribution in [0.3, 0.4) is 0 Å². The van der Waals surface area contributed by atoms with Gasteiger partial charge in [-0.2, -0.15) is 5.10 Å². The molecule has 0 saturated heterocycles. The highest BCUT2D eigenvalue weighted by Gasteiger charge is 2.16. The topological polar surface area (TPSA) is 102 Å². The lowest BCUT2D eigenvalue weighted by Crippen LogP contribution is -2.23. The van der Waals surface area contributed by atoms with Crippen molar-refractivity contribution in [1.29, 1.82) is 0 Å². The van der Waals surface area contributed by atoms with Crippen LogP contribution in [0.4, 0.5) is 16.2 Å². The first-order valence-electron chi connectivity index (χ1n) is 6.35.